The highest BCUT2D eigenvalue weighted by atomic mass is 16.5. The Hall–Kier alpha value is -1.02. The molecule has 1 fully saturated rings. The number of rotatable bonds is 3. The van der Waals surface area contributed by atoms with E-state index in [1.807, 2.05) is 7.05 Å². The van der Waals surface area contributed by atoms with Crippen LogP contribution in [0.2, 0.25) is 0 Å². The van der Waals surface area contributed by atoms with E-state index < -0.39 is 0 Å². The fraction of sp³-hybridized carbons (Fsp3) is 0.600. The van der Waals surface area contributed by atoms with Crippen LogP contribution in [0.15, 0.2) is 24.3 Å². The summed E-state index contributed by atoms with van der Waals surface area (Å²) < 4.78 is 6.36. The topological polar surface area (TPSA) is 21.3 Å². The molecule has 0 aromatic heterocycles. The summed E-state index contributed by atoms with van der Waals surface area (Å²) in [5, 5.41) is 3.27. The van der Waals surface area contributed by atoms with E-state index >= 15 is 0 Å². The van der Waals surface area contributed by atoms with Gasteiger partial charge >= 0.3 is 0 Å². The first-order valence-corrected chi connectivity index (χ1v) is 6.78. The van der Waals surface area contributed by atoms with Crippen molar-refractivity contribution in [1.29, 1.82) is 0 Å². The summed E-state index contributed by atoms with van der Waals surface area (Å²) in [7, 11) is 2.02. The number of hydrogen-bond donors (Lipinski definition) is 1. The van der Waals surface area contributed by atoms with Crippen molar-refractivity contribution >= 4 is 0 Å². The number of ether oxygens (including phenoxy) is 1. The second kappa shape index (κ2) is 4.34. The van der Waals surface area contributed by atoms with Crippen LogP contribution in [-0.4, -0.2) is 19.2 Å². The van der Waals surface area contributed by atoms with Crippen molar-refractivity contribution < 1.29 is 4.74 Å². The standard InChI is InChI=1S/C15H21NO/c1-16-11-10-15-9-5-4-7-13(15)12-6-2-3-8-14(12)17-15/h2-3,6,8,13,16H,4-5,7,9-11H2,1H3/t13-,15+/m0/s1. The van der Waals surface area contributed by atoms with Gasteiger partial charge in [-0.3, -0.25) is 0 Å². The molecule has 1 aromatic carbocycles. The van der Waals surface area contributed by atoms with Gasteiger partial charge in [-0.25, -0.2) is 0 Å². The maximum atomic E-state index is 6.36. The quantitative estimate of drug-likeness (QED) is 0.863. The van der Waals surface area contributed by atoms with Crippen molar-refractivity contribution in [1.82, 2.24) is 5.32 Å². The molecule has 0 saturated heterocycles. The molecule has 1 aliphatic heterocycles. The van der Waals surface area contributed by atoms with E-state index in [0.29, 0.717) is 5.92 Å². The van der Waals surface area contributed by atoms with Crippen molar-refractivity contribution in [3.05, 3.63) is 29.8 Å². The minimum absolute atomic E-state index is 0.0882. The Morgan fingerprint density at radius 1 is 1.35 bits per heavy atom. The van der Waals surface area contributed by atoms with Crippen molar-refractivity contribution in [3.8, 4) is 5.75 Å². The van der Waals surface area contributed by atoms with Crippen LogP contribution < -0.4 is 10.1 Å². The summed E-state index contributed by atoms with van der Waals surface area (Å²) in [6.45, 7) is 1.05. The molecule has 92 valence electrons. The lowest BCUT2D eigenvalue weighted by Crippen LogP contribution is -2.42. The second-order valence-corrected chi connectivity index (χ2v) is 5.36. The van der Waals surface area contributed by atoms with Gasteiger partial charge in [0.1, 0.15) is 11.4 Å². The zero-order valence-corrected chi connectivity index (χ0v) is 10.5. The Kier molecular flexibility index (Phi) is 2.83. The summed E-state index contributed by atoms with van der Waals surface area (Å²) in [6.07, 6.45) is 6.30. The molecule has 1 aromatic rings. The molecule has 1 aliphatic carbocycles. The highest BCUT2D eigenvalue weighted by Gasteiger charge is 2.48. The third kappa shape index (κ3) is 1.75. The summed E-state index contributed by atoms with van der Waals surface area (Å²) in [6, 6.07) is 8.62. The fourth-order valence-corrected chi connectivity index (χ4v) is 3.54. The molecule has 2 heteroatoms. The van der Waals surface area contributed by atoms with Crippen molar-refractivity contribution in [2.24, 2.45) is 0 Å². The van der Waals surface area contributed by atoms with E-state index in [1.165, 1.54) is 31.2 Å². The maximum absolute atomic E-state index is 6.36. The van der Waals surface area contributed by atoms with Crippen molar-refractivity contribution in [3.63, 3.8) is 0 Å². The molecule has 0 bridgehead atoms. The average Bonchev–Trinajstić information content (AvgIpc) is 2.71. The van der Waals surface area contributed by atoms with Gasteiger partial charge in [0.25, 0.3) is 0 Å². The number of para-hydroxylation sites is 1. The molecule has 0 spiro atoms. The van der Waals surface area contributed by atoms with Gasteiger partial charge < -0.3 is 10.1 Å². The van der Waals surface area contributed by atoms with Crippen LogP contribution in [0.5, 0.6) is 5.75 Å². The van der Waals surface area contributed by atoms with Crippen LogP contribution in [0, 0.1) is 0 Å². The first-order valence-electron chi connectivity index (χ1n) is 6.78. The number of hydrogen-bond acceptors (Lipinski definition) is 2. The lowest BCUT2D eigenvalue weighted by Gasteiger charge is -2.38. The van der Waals surface area contributed by atoms with E-state index in [1.54, 1.807) is 0 Å². The molecular formula is C15H21NO. The van der Waals surface area contributed by atoms with Gasteiger partial charge in [0.05, 0.1) is 0 Å². The molecule has 2 atom stereocenters. The van der Waals surface area contributed by atoms with Crippen molar-refractivity contribution in [2.45, 2.75) is 43.6 Å². The van der Waals surface area contributed by atoms with Crippen LogP contribution in [0.25, 0.3) is 0 Å². The van der Waals surface area contributed by atoms with Crippen molar-refractivity contribution in [2.75, 3.05) is 13.6 Å². The van der Waals surface area contributed by atoms with Crippen LogP contribution in [0.4, 0.5) is 0 Å². The summed E-state index contributed by atoms with van der Waals surface area (Å²) in [5.41, 5.74) is 1.54. The van der Waals surface area contributed by atoms with E-state index in [-0.39, 0.29) is 5.60 Å². The molecule has 1 N–H and O–H groups in total. The summed E-state index contributed by atoms with van der Waals surface area (Å²) in [5.74, 6) is 1.76. The Morgan fingerprint density at radius 2 is 2.24 bits per heavy atom. The Bertz CT molecular complexity index is 404. The van der Waals surface area contributed by atoms with Crippen LogP contribution >= 0.6 is 0 Å². The molecule has 0 radical (unpaired) electrons. The number of nitrogens with one attached hydrogen (secondary N) is 1. The van der Waals surface area contributed by atoms with E-state index in [9.17, 15) is 0 Å². The predicted molar refractivity (Wildman–Crippen MR) is 69.6 cm³/mol. The molecule has 1 saturated carbocycles. The molecule has 2 aliphatic rings. The molecule has 1 heterocycles. The smallest absolute Gasteiger partial charge is 0.123 e. The molecule has 17 heavy (non-hydrogen) atoms. The Balaban J connectivity index is 1.93. The Labute approximate surface area is 103 Å². The van der Waals surface area contributed by atoms with Crippen LogP contribution in [0.1, 0.15) is 43.6 Å². The minimum atomic E-state index is 0.0882. The van der Waals surface area contributed by atoms with E-state index in [0.717, 1.165) is 18.7 Å². The monoisotopic (exact) mass is 231 g/mol. The normalized spacial score (nSPS) is 30.5. The minimum Gasteiger partial charge on any atom is -0.486 e. The third-order valence-corrected chi connectivity index (χ3v) is 4.38. The summed E-state index contributed by atoms with van der Waals surface area (Å²) in [4.78, 5) is 0. The van der Waals surface area contributed by atoms with Crippen LogP contribution in [-0.2, 0) is 0 Å². The fourth-order valence-electron chi connectivity index (χ4n) is 3.54. The average molecular weight is 231 g/mol. The second-order valence-electron chi connectivity index (χ2n) is 5.36. The van der Waals surface area contributed by atoms with Gasteiger partial charge in [-0.1, -0.05) is 24.6 Å². The molecule has 0 amide bonds. The van der Waals surface area contributed by atoms with Gasteiger partial charge in [0.2, 0.25) is 0 Å². The highest BCUT2D eigenvalue weighted by Crippen LogP contribution is 2.53. The zero-order chi connectivity index (χ0) is 11.7. The zero-order valence-electron chi connectivity index (χ0n) is 10.5. The van der Waals surface area contributed by atoms with Gasteiger partial charge in [-0.15, -0.1) is 0 Å². The van der Waals surface area contributed by atoms with E-state index in [2.05, 4.69) is 29.6 Å². The Morgan fingerprint density at radius 3 is 3.12 bits per heavy atom. The predicted octanol–water partition coefficient (Wildman–Crippen LogP) is 3.08. The molecular weight excluding hydrogens is 210 g/mol. The van der Waals surface area contributed by atoms with Gasteiger partial charge in [0.15, 0.2) is 0 Å². The highest BCUT2D eigenvalue weighted by molar-refractivity contribution is 5.43. The molecule has 3 rings (SSSR count). The summed E-state index contributed by atoms with van der Waals surface area (Å²) >= 11 is 0. The number of fused-ring (bicyclic) bond motifs is 3. The number of benzene rings is 1. The van der Waals surface area contributed by atoms with E-state index in [4.69, 9.17) is 4.74 Å². The first-order chi connectivity index (χ1) is 8.36. The SMILES string of the molecule is CNCC[C@]12CCCC[C@H]1c1ccccc1O2. The largest absolute Gasteiger partial charge is 0.486 e. The van der Waals surface area contributed by atoms with Gasteiger partial charge in [-0.2, -0.15) is 0 Å². The maximum Gasteiger partial charge on any atom is 0.123 e. The first kappa shape index (κ1) is 11.1. The lowest BCUT2D eigenvalue weighted by atomic mass is 9.72. The lowest BCUT2D eigenvalue weighted by molar-refractivity contribution is 0.0281. The molecule has 0 unspecified atom stereocenters. The van der Waals surface area contributed by atoms with Gasteiger partial charge in [0, 0.05) is 17.9 Å². The van der Waals surface area contributed by atoms with Crippen LogP contribution in [0.3, 0.4) is 0 Å². The molecule has 2 nitrogen and oxygen atoms in total. The van der Waals surface area contributed by atoms with Gasteiger partial charge in [-0.05, 0) is 38.9 Å². The third-order valence-electron chi connectivity index (χ3n) is 4.38.